The number of rotatable bonds is 8. The molecule has 1 aliphatic rings. The fraction of sp³-hybridized carbons (Fsp3) is 0.444. The maximum absolute atomic E-state index is 12.4. The lowest BCUT2D eigenvalue weighted by Crippen LogP contribution is -2.36. The Balaban J connectivity index is 1.72. The van der Waals surface area contributed by atoms with Gasteiger partial charge in [0.05, 0.1) is 0 Å². The van der Waals surface area contributed by atoms with E-state index in [2.05, 4.69) is 28.1 Å². The Bertz CT molecular complexity index is 599. The maximum Gasteiger partial charge on any atom is 0.249 e. The van der Waals surface area contributed by atoms with Gasteiger partial charge in [-0.15, -0.1) is 0 Å². The number of nitrogens with one attached hydrogen (secondary N) is 1. The van der Waals surface area contributed by atoms with Crippen LogP contribution in [0.4, 0.5) is 0 Å². The van der Waals surface area contributed by atoms with Gasteiger partial charge in [-0.2, -0.15) is 0 Å². The van der Waals surface area contributed by atoms with Crippen LogP contribution in [0.2, 0.25) is 0 Å². The summed E-state index contributed by atoms with van der Waals surface area (Å²) in [6.07, 6.45) is 6.25. The summed E-state index contributed by atoms with van der Waals surface area (Å²) in [5, 5.41) is 8.52. The second-order valence-corrected chi connectivity index (χ2v) is 6.84. The summed E-state index contributed by atoms with van der Waals surface area (Å²) in [6.45, 7) is 1.49. The van der Waals surface area contributed by atoms with Crippen molar-refractivity contribution in [3.05, 3.63) is 46.0 Å². The standard InChI is InChI=1S/C18H23BrN2O3/c19-16-9-6-14(7-10-16)4-1-2-12-21-13-3-5-15(18(21)23)8-11-17(22)20-24/h5-7,9-10,24H,1-4,8,11-13H2,(H,20,22). The number of amides is 2. The van der Waals surface area contributed by atoms with Crippen molar-refractivity contribution in [2.45, 2.75) is 38.5 Å². The van der Waals surface area contributed by atoms with E-state index in [4.69, 9.17) is 5.21 Å². The predicted molar refractivity (Wildman–Crippen MR) is 95.5 cm³/mol. The summed E-state index contributed by atoms with van der Waals surface area (Å²) in [5.41, 5.74) is 3.58. The van der Waals surface area contributed by atoms with Crippen molar-refractivity contribution < 1.29 is 14.8 Å². The maximum atomic E-state index is 12.4. The molecule has 1 aliphatic heterocycles. The Morgan fingerprint density at radius 2 is 1.96 bits per heavy atom. The van der Waals surface area contributed by atoms with Gasteiger partial charge in [-0.05, 0) is 49.8 Å². The zero-order chi connectivity index (χ0) is 17.4. The van der Waals surface area contributed by atoms with Crippen molar-refractivity contribution in [1.29, 1.82) is 0 Å². The molecule has 130 valence electrons. The van der Waals surface area contributed by atoms with E-state index in [-0.39, 0.29) is 12.3 Å². The van der Waals surface area contributed by atoms with Crippen molar-refractivity contribution in [2.24, 2.45) is 0 Å². The van der Waals surface area contributed by atoms with Gasteiger partial charge in [-0.25, -0.2) is 5.48 Å². The first-order valence-corrected chi connectivity index (χ1v) is 9.05. The summed E-state index contributed by atoms with van der Waals surface area (Å²) in [6, 6.07) is 8.32. The van der Waals surface area contributed by atoms with E-state index in [1.54, 1.807) is 5.48 Å². The van der Waals surface area contributed by atoms with Crippen molar-refractivity contribution in [2.75, 3.05) is 13.1 Å². The second-order valence-electron chi connectivity index (χ2n) is 5.93. The molecule has 6 heteroatoms. The fourth-order valence-corrected chi connectivity index (χ4v) is 3.06. The number of aryl methyl sites for hydroxylation is 1. The normalized spacial score (nSPS) is 14.5. The average Bonchev–Trinajstić information content (AvgIpc) is 2.60. The molecule has 24 heavy (non-hydrogen) atoms. The van der Waals surface area contributed by atoms with Crippen molar-refractivity contribution in [1.82, 2.24) is 10.4 Å². The van der Waals surface area contributed by atoms with Crippen LogP contribution in [0.5, 0.6) is 0 Å². The number of nitrogens with zero attached hydrogens (tertiary/aromatic N) is 1. The minimum absolute atomic E-state index is 0.0237. The quantitative estimate of drug-likeness (QED) is 0.404. The van der Waals surface area contributed by atoms with Gasteiger partial charge < -0.3 is 4.90 Å². The molecule has 0 saturated carbocycles. The second kappa shape index (κ2) is 9.59. The molecule has 0 unspecified atom stereocenters. The zero-order valence-corrected chi connectivity index (χ0v) is 15.2. The molecule has 0 aromatic heterocycles. The minimum atomic E-state index is -0.463. The molecule has 2 N–H and O–H groups in total. The highest BCUT2D eigenvalue weighted by molar-refractivity contribution is 9.10. The highest BCUT2D eigenvalue weighted by atomic mass is 79.9. The summed E-state index contributed by atoms with van der Waals surface area (Å²) < 4.78 is 1.08. The molecule has 1 heterocycles. The van der Waals surface area contributed by atoms with E-state index in [1.807, 2.05) is 23.1 Å². The van der Waals surface area contributed by atoms with Crippen LogP contribution >= 0.6 is 15.9 Å². The first-order valence-electron chi connectivity index (χ1n) is 8.26. The van der Waals surface area contributed by atoms with Crippen LogP contribution in [0.25, 0.3) is 0 Å². The van der Waals surface area contributed by atoms with E-state index in [9.17, 15) is 9.59 Å². The summed E-state index contributed by atoms with van der Waals surface area (Å²) in [5.74, 6) is -0.439. The van der Waals surface area contributed by atoms with Crippen molar-refractivity contribution >= 4 is 27.7 Å². The number of hydrogen-bond acceptors (Lipinski definition) is 3. The molecule has 1 aromatic rings. The van der Waals surface area contributed by atoms with Gasteiger partial charge in [0.2, 0.25) is 11.8 Å². The first-order chi connectivity index (χ1) is 11.6. The number of benzene rings is 1. The average molecular weight is 395 g/mol. The first kappa shape index (κ1) is 18.7. The van der Waals surface area contributed by atoms with Crippen LogP contribution < -0.4 is 5.48 Å². The van der Waals surface area contributed by atoms with Crippen LogP contribution in [-0.4, -0.2) is 35.0 Å². The number of carbonyl (C=O) groups is 2. The molecule has 0 fully saturated rings. The Morgan fingerprint density at radius 3 is 2.67 bits per heavy atom. The number of hydrogen-bond donors (Lipinski definition) is 2. The number of hydroxylamine groups is 1. The predicted octanol–water partition coefficient (Wildman–Crippen LogP) is 3.22. The van der Waals surface area contributed by atoms with Gasteiger partial charge in [0.1, 0.15) is 0 Å². The Kier molecular flexibility index (Phi) is 7.46. The number of carbonyl (C=O) groups excluding carboxylic acids is 2. The molecular weight excluding hydrogens is 372 g/mol. The van der Waals surface area contributed by atoms with Gasteiger partial charge in [0, 0.05) is 29.6 Å². The van der Waals surface area contributed by atoms with Crippen LogP contribution in [0.3, 0.4) is 0 Å². The Morgan fingerprint density at radius 1 is 1.21 bits per heavy atom. The lowest BCUT2D eigenvalue weighted by Gasteiger charge is -2.27. The third-order valence-electron chi connectivity index (χ3n) is 4.15. The summed E-state index contributed by atoms with van der Waals surface area (Å²) in [4.78, 5) is 25.3. The van der Waals surface area contributed by atoms with E-state index in [1.165, 1.54) is 5.56 Å². The molecule has 2 rings (SSSR count). The van der Waals surface area contributed by atoms with Crippen LogP contribution in [-0.2, 0) is 16.0 Å². The molecule has 2 amide bonds. The molecular formula is C18H23BrN2O3. The van der Waals surface area contributed by atoms with Gasteiger partial charge >= 0.3 is 0 Å². The molecule has 0 bridgehead atoms. The minimum Gasteiger partial charge on any atom is -0.339 e. The Hall–Kier alpha value is -1.66. The van der Waals surface area contributed by atoms with E-state index >= 15 is 0 Å². The van der Waals surface area contributed by atoms with Gasteiger partial charge in [0.25, 0.3) is 0 Å². The van der Waals surface area contributed by atoms with Crippen molar-refractivity contribution in [3.8, 4) is 0 Å². The fourth-order valence-electron chi connectivity index (χ4n) is 2.80. The molecule has 0 aliphatic carbocycles. The summed E-state index contributed by atoms with van der Waals surface area (Å²) >= 11 is 3.43. The third-order valence-corrected chi connectivity index (χ3v) is 4.68. The highest BCUT2D eigenvalue weighted by Gasteiger charge is 2.21. The van der Waals surface area contributed by atoms with Crippen LogP contribution in [0.15, 0.2) is 40.4 Å². The lowest BCUT2D eigenvalue weighted by atomic mass is 10.0. The largest absolute Gasteiger partial charge is 0.339 e. The molecule has 1 aromatic carbocycles. The van der Waals surface area contributed by atoms with Gasteiger partial charge in [0.15, 0.2) is 0 Å². The number of unbranched alkanes of at least 4 members (excludes halogenated alkanes) is 1. The summed E-state index contributed by atoms with van der Waals surface area (Å²) in [7, 11) is 0. The van der Waals surface area contributed by atoms with Crippen LogP contribution in [0, 0.1) is 0 Å². The SMILES string of the molecule is O=C(CCC1=CCCN(CCCCc2ccc(Br)cc2)C1=O)NO. The molecule has 0 atom stereocenters. The molecule has 0 radical (unpaired) electrons. The highest BCUT2D eigenvalue weighted by Crippen LogP contribution is 2.18. The third kappa shape index (κ3) is 5.76. The monoisotopic (exact) mass is 394 g/mol. The van der Waals surface area contributed by atoms with E-state index in [0.29, 0.717) is 12.0 Å². The Labute approximate surface area is 150 Å². The molecule has 5 nitrogen and oxygen atoms in total. The topological polar surface area (TPSA) is 69.6 Å². The molecule has 0 spiro atoms. The molecule has 0 saturated heterocycles. The smallest absolute Gasteiger partial charge is 0.249 e. The zero-order valence-electron chi connectivity index (χ0n) is 13.6. The van der Waals surface area contributed by atoms with Gasteiger partial charge in [-0.1, -0.05) is 34.1 Å². The van der Waals surface area contributed by atoms with E-state index < -0.39 is 5.91 Å². The van der Waals surface area contributed by atoms with Crippen molar-refractivity contribution in [3.63, 3.8) is 0 Å². The van der Waals surface area contributed by atoms with Crippen LogP contribution in [0.1, 0.15) is 37.7 Å². The lowest BCUT2D eigenvalue weighted by molar-refractivity contribution is -0.129. The van der Waals surface area contributed by atoms with E-state index in [0.717, 1.165) is 43.2 Å². The van der Waals surface area contributed by atoms with Gasteiger partial charge in [-0.3, -0.25) is 14.8 Å². The number of halogens is 1.